The van der Waals surface area contributed by atoms with Crippen LogP contribution in [0.5, 0.6) is 0 Å². The van der Waals surface area contributed by atoms with Crippen molar-refractivity contribution in [3.05, 3.63) is 0 Å². The molecule has 0 fully saturated rings. The van der Waals surface area contributed by atoms with Crippen LogP contribution in [0.1, 0.15) is 119 Å². The van der Waals surface area contributed by atoms with Gasteiger partial charge < -0.3 is 4.89 Å². The Morgan fingerprint density at radius 1 is 0.600 bits per heavy atom. The molecule has 1 unspecified atom stereocenters. The van der Waals surface area contributed by atoms with E-state index in [1.165, 1.54) is 6.66 Å². The molecule has 0 saturated heterocycles. The van der Waals surface area contributed by atoms with Gasteiger partial charge in [-0.3, -0.25) is 4.57 Å². The van der Waals surface area contributed by atoms with Crippen LogP contribution in [0.2, 0.25) is 0 Å². The van der Waals surface area contributed by atoms with Crippen molar-refractivity contribution in [2.45, 2.75) is 124 Å². The van der Waals surface area contributed by atoms with Gasteiger partial charge in [-0.05, 0) is 10.8 Å². The zero-order chi connectivity index (χ0) is 20.0. The van der Waals surface area contributed by atoms with Gasteiger partial charge in [0.1, 0.15) is 0 Å². The summed E-state index contributed by atoms with van der Waals surface area (Å²) < 4.78 is 10.8. The summed E-state index contributed by atoms with van der Waals surface area (Å²) in [4.78, 5) is 8.91. The smallest absolute Gasteiger partial charge is 0.202 e. The fraction of sp³-hybridized carbons (Fsp3) is 1.00. The quantitative estimate of drug-likeness (QED) is 0.365. The summed E-state index contributed by atoms with van der Waals surface area (Å²) in [6.07, 6.45) is 0. The summed E-state index contributed by atoms with van der Waals surface area (Å²) in [5, 5.41) is -0.451. The van der Waals surface area contributed by atoms with Crippen LogP contribution >= 0.6 is 7.37 Å². The first-order valence-corrected chi connectivity index (χ1v) is 10.7. The first-order chi connectivity index (χ1) is 9.25. The molecule has 0 amide bonds. The molecule has 1 radical (unpaired) electrons. The molecule has 0 aromatic rings. The molecule has 0 bridgehead atoms. The summed E-state index contributed by atoms with van der Waals surface area (Å²) in [5.41, 5.74) is 1.00. The van der Waals surface area contributed by atoms with E-state index in [2.05, 4.69) is 55.4 Å². The second-order valence-electron chi connectivity index (χ2n) is 9.05. The minimum atomic E-state index is -2.85. The van der Waals surface area contributed by atoms with Gasteiger partial charge in [0.15, 0.2) is 0 Å². The van der Waals surface area contributed by atoms with E-state index in [0.717, 1.165) is 0 Å². The Balaban J connectivity index is -0.0000000255. The molecule has 4 heteroatoms. The molecule has 0 aliphatic rings. The molecule has 2 nitrogen and oxygen atoms in total. The fourth-order valence-corrected chi connectivity index (χ4v) is 0. The third-order valence-corrected chi connectivity index (χ3v) is 3.73. The molecule has 0 aromatic heterocycles. The van der Waals surface area contributed by atoms with Crippen LogP contribution in [-0.4, -0.2) is 16.7 Å². The summed E-state index contributed by atoms with van der Waals surface area (Å²) in [6.45, 7) is 32.2. The van der Waals surface area contributed by atoms with E-state index >= 15 is 0 Å². The SMILES string of the molecule is C.C.CC.CC.CC(C)(C)C.CC(C)(C)C.CC(C)(C)P(C)(=O)O.[Y]. The molecular weight excluding hydrogens is 404 g/mol. The van der Waals surface area contributed by atoms with E-state index in [4.69, 9.17) is 4.89 Å². The zero-order valence-electron chi connectivity index (χ0n) is 19.4. The Bertz CT molecular complexity index is 227. The van der Waals surface area contributed by atoms with Crippen LogP contribution in [0, 0.1) is 10.8 Å². The molecule has 0 rings (SSSR count). The van der Waals surface area contributed by atoms with Crippen molar-refractivity contribution in [3.63, 3.8) is 0 Å². The van der Waals surface area contributed by atoms with Gasteiger partial charge in [0.05, 0.1) is 0 Å². The normalized spacial score (nSPS) is 11.7. The Hall–Kier alpha value is 1.29. The van der Waals surface area contributed by atoms with Gasteiger partial charge >= 0.3 is 0 Å². The number of hydrogen-bond acceptors (Lipinski definition) is 1. The van der Waals surface area contributed by atoms with Crippen molar-refractivity contribution >= 4 is 7.37 Å². The third kappa shape index (κ3) is 130. The van der Waals surface area contributed by atoms with Crippen LogP contribution < -0.4 is 0 Å². The van der Waals surface area contributed by atoms with E-state index in [0.29, 0.717) is 10.8 Å². The van der Waals surface area contributed by atoms with Crippen LogP contribution in [-0.2, 0) is 37.3 Å². The van der Waals surface area contributed by atoms with E-state index < -0.39 is 12.5 Å². The van der Waals surface area contributed by atoms with Crippen LogP contribution in [0.3, 0.4) is 0 Å². The summed E-state index contributed by atoms with van der Waals surface area (Å²) in [6, 6.07) is 0. The largest absolute Gasteiger partial charge is 0.344 e. The predicted octanol–water partition coefficient (Wildman–Crippen LogP) is 9.11. The van der Waals surface area contributed by atoms with Gasteiger partial charge in [-0.25, -0.2) is 0 Å². The monoisotopic (exact) mass is 461 g/mol. The Morgan fingerprint density at radius 3 is 0.640 bits per heavy atom. The number of rotatable bonds is 0. The maximum absolute atomic E-state index is 10.8. The molecule has 0 heterocycles. The molecule has 25 heavy (non-hydrogen) atoms. The minimum absolute atomic E-state index is 0. The van der Waals surface area contributed by atoms with E-state index in [9.17, 15) is 4.57 Å². The zero-order valence-corrected chi connectivity index (χ0v) is 23.1. The van der Waals surface area contributed by atoms with Gasteiger partial charge in [0.2, 0.25) is 7.37 Å². The van der Waals surface area contributed by atoms with Crippen LogP contribution in [0.25, 0.3) is 0 Å². The third-order valence-electron chi connectivity index (χ3n) is 1.24. The minimum Gasteiger partial charge on any atom is -0.344 e. The summed E-state index contributed by atoms with van der Waals surface area (Å²) >= 11 is 0. The molecule has 0 spiro atoms. The van der Waals surface area contributed by atoms with E-state index in [-0.39, 0.29) is 47.6 Å². The van der Waals surface area contributed by atoms with Crippen molar-refractivity contribution in [2.24, 2.45) is 10.8 Å². The molecular formula is C21H57O2PY. The van der Waals surface area contributed by atoms with E-state index in [1.807, 2.05) is 27.7 Å². The van der Waals surface area contributed by atoms with Gasteiger partial charge in [0, 0.05) is 44.5 Å². The van der Waals surface area contributed by atoms with Gasteiger partial charge in [-0.15, -0.1) is 0 Å². The Morgan fingerprint density at radius 2 is 0.640 bits per heavy atom. The average molecular weight is 462 g/mol. The second-order valence-corrected chi connectivity index (χ2v) is 12.1. The number of hydrogen-bond donors (Lipinski definition) is 1. The second kappa shape index (κ2) is 23.3. The van der Waals surface area contributed by atoms with Crippen LogP contribution in [0.4, 0.5) is 0 Å². The fourth-order valence-electron chi connectivity index (χ4n) is 0. The first-order valence-electron chi connectivity index (χ1n) is 8.55. The Kier molecular flexibility index (Phi) is 46.9. The summed E-state index contributed by atoms with van der Waals surface area (Å²) in [7, 11) is -2.85. The molecule has 0 aliphatic carbocycles. The maximum atomic E-state index is 10.8. The molecule has 1 atom stereocenters. The predicted molar refractivity (Wildman–Crippen MR) is 122 cm³/mol. The first kappa shape index (κ1) is 50.3. The maximum Gasteiger partial charge on any atom is 0.202 e. The molecule has 0 aliphatic heterocycles. The molecule has 0 saturated carbocycles. The molecule has 1 N–H and O–H groups in total. The standard InChI is InChI=1S/C5H13O2P.2C5H12.2C2H6.2CH4.Y/c1-5(2,3)8(4,6)7;2*1-5(2,3)4;2*1-2;;;/h1-4H3,(H,6,7);2*1-4H3;2*1-2H3;2*1H4;. The van der Waals surface area contributed by atoms with Gasteiger partial charge in [-0.1, -0.05) is 119 Å². The summed E-state index contributed by atoms with van der Waals surface area (Å²) in [5.74, 6) is 0. The molecule has 0 aromatic carbocycles. The topological polar surface area (TPSA) is 37.3 Å². The molecule has 161 valence electrons. The Labute approximate surface area is 190 Å². The van der Waals surface area contributed by atoms with Crippen LogP contribution in [0.15, 0.2) is 0 Å². The van der Waals surface area contributed by atoms with Crippen molar-refractivity contribution in [1.29, 1.82) is 0 Å². The van der Waals surface area contributed by atoms with Crippen molar-refractivity contribution in [3.8, 4) is 0 Å². The van der Waals surface area contributed by atoms with Crippen molar-refractivity contribution < 1.29 is 42.2 Å². The average Bonchev–Trinajstić information content (AvgIpc) is 2.15. The van der Waals surface area contributed by atoms with Crippen molar-refractivity contribution in [2.75, 3.05) is 6.66 Å². The van der Waals surface area contributed by atoms with E-state index in [1.54, 1.807) is 20.8 Å². The van der Waals surface area contributed by atoms with Gasteiger partial charge in [-0.2, -0.15) is 0 Å². The van der Waals surface area contributed by atoms with Gasteiger partial charge in [0.25, 0.3) is 0 Å². The van der Waals surface area contributed by atoms with Crippen molar-refractivity contribution in [1.82, 2.24) is 0 Å².